The number of anilines is 1. The van der Waals surface area contributed by atoms with E-state index in [0.717, 1.165) is 70.3 Å². The molecule has 1 aliphatic heterocycles. The van der Waals surface area contributed by atoms with Crippen molar-refractivity contribution < 1.29 is 9.90 Å². The van der Waals surface area contributed by atoms with E-state index in [2.05, 4.69) is 41.5 Å². The van der Waals surface area contributed by atoms with Crippen molar-refractivity contribution in [3.05, 3.63) is 94.9 Å². The predicted molar refractivity (Wildman–Crippen MR) is 140 cm³/mol. The lowest BCUT2D eigenvalue weighted by Crippen LogP contribution is -2.16. The Labute approximate surface area is 208 Å². The van der Waals surface area contributed by atoms with Crippen molar-refractivity contribution in [2.24, 2.45) is 0 Å². The molecule has 0 fully saturated rings. The highest BCUT2D eigenvalue weighted by Crippen LogP contribution is 2.28. The Morgan fingerprint density at radius 1 is 1.11 bits per heavy atom. The molecule has 6 rings (SSSR count). The van der Waals surface area contributed by atoms with Gasteiger partial charge in [-0.05, 0) is 72.7 Å². The highest BCUT2D eigenvalue weighted by atomic mass is 16.4. The van der Waals surface area contributed by atoms with Gasteiger partial charge in [0.1, 0.15) is 5.82 Å². The lowest BCUT2D eigenvalue weighted by molar-refractivity contribution is -0.137. The van der Waals surface area contributed by atoms with Crippen LogP contribution < -0.4 is 5.32 Å². The Morgan fingerprint density at radius 3 is 2.89 bits per heavy atom. The molecule has 0 saturated heterocycles. The quantitative estimate of drug-likeness (QED) is 0.345. The minimum atomic E-state index is -0.877. The Bertz CT molecular complexity index is 1610. The second-order valence-corrected chi connectivity index (χ2v) is 9.53. The molecule has 0 aliphatic carbocycles. The number of aliphatic carboxylic acids is 1. The van der Waals surface area contributed by atoms with Crippen LogP contribution in [0.3, 0.4) is 0 Å². The van der Waals surface area contributed by atoms with E-state index in [4.69, 9.17) is 10.1 Å². The topological polar surface area (TPSA) is 92.9 Å². The van der Waals surface area contributed by atoms with Crippen LogP contribution in [-0.4, -0.2) is 37.4 Å². The number of nitrogens with zero attached hydrogens (tertiary/aromatic N) is 4. The maximum atomic E-state index is 11.8. The number of hydrogen-bond donors (Lipinski definition) is 2. The molecule has 0 amide bonds. The monoisotopic (exact) mass is 477 g/mol. The second kappa shape index (κ2) is 9.07. The highest BCUT2D eigenvalue weighted by molar-refractivity contribution is 5.80. The molecule has 1 atom stereocenters. The number of rotatable bonds is 6. The lowest BCUT2D eigenvalue weighted by Gasteiger charge is -2.19. The fourth-order valence-corrected chi connectivity index (χ4v) is 5.07. The SMILES string of the molecule is Cc1nc2c(cc1Cc1ccc3cn(C(CC(=O)O)c4cnc5ccccc5c4)nc3c1)CCCN2. The normalized spacial score (nSPS) is 13.9. The largest absolute Gasteiger partial charge is 0.481 e. The van der Waals surface area contributed by atoms with Crippen molar-refractivity contribution in [2.75, 3.05) is 11.9 Å². The third-order valence-electron chi connectivity index (χ3n) is 6.98. The fraction of sp³-hybridized carbons (Fsp3) is 0.241. The fourth-order valence-electron chi connectivity index (χ4n) is 5.07. The van der Waals surface area contributed by atoms with Gasteiger partial charge < -0.3 is 10.4 Å². The van der Waals surface area contributed by atoms with Gasteiger partial charge in [-0.15, -0.1) is 0 Å². The van der Waals surface area contributed by atoms with E-state index in [9.17, 15) is 9.90 Å². The zero-order valence-electron chi connectivity index (χ0n) is 20.1. The zero-order chi connectivity index (χ0) is 24.6. The summed E-state index contributed by atoms with van der Waals surface area (Å²) in [5, 5.41) is 19.8. The summed E-state index contributed by atoms with van der Waals surface area (Å²) in [5.41, 5.74) is 7.27. The van der Waals surface area contributed by atoms with Crippen LogP contribution in [0.15, 0.2) is 67.0 Å². The van der Waals surface area contributed by atoms with Gasteiger partial charge in [0.05, 0.1) is 23.5 Å². The van der Waals surface area contributed by atoms with Crippen LogP contribution >= 0.6 is 0 Å². The third kappa shape index (κ3) is 4.28. The summed E-state index contributed by atoms with van der Waals surface area (Å²) in [6.45, 7) is 3.05. The van der Waals surface area contributed by atoms with Crippen molar-refractivity contribution in [3.8, 4) is 0 Å². The molecule has 1 aliphatic rings. The Morgan fingerprint density at radius 2 is 2.00 bits per heavy atom. The van der Waals surface area contributed by atoms with Crippen molar-refractivity contribution in [3.63, 3.8) is 0 Å². The van der Waals surface area contributed by atoms with E-state index in [1.807, 2.05) is 36.5 Å². The van der Waals surface area contributed by atoms with Gasteiger partial charge in [0.15, 0.2) is 0 Å². The third-order valence-corrected chi connectivity index (χ3v) is 6.98. The number of carboxylic acid groups (broad SMARTS) is 1. The highest BCUT2D eigenvalue weighted by Gasteiger charge is 2.20. The number of pyridine rings is 2. The van der Waals surface area contributed by atoms with Gasteiger partial charge in [0.2, 0.25) is 0 Å². The Hall–Kier alpha value is -4.26. The molecular weight excluding hydrogens is 450 g/mol. The summed E-state index contributed by atoms with van der Waals surface area (Å²) in [5.74, 6) is 0.141. The van der Waals surface area contributed by atoms with Crippen LogP contribution in [0.1, 0.15) is 46.8 Å². The van der Waals surface area contributed by atoms with Crippen LogP contribution in [0.5, 0.6) is 0 Å². The molecule has 36 heavy (non-hydrogen) atoms. The summed E-state index contributed by atoms with van der Waals surface area (Å²) in [6.07, 6.45) is 6.58. The number of fused-ring (bicyclic) bond motifs is 3. The summed E-state index contributed by atoms with van der Waals surface area (Å²) in [4.78, 5) is 21.1. The van der Waals surface area contributed by atoms with Gasteiger partial charge in [-0.25, -0.2) is 4.98 Å². The van der Waals surface area contributed by atoms with Gasteiger partial charge in [0.25, 0.3) is 0 Å². The standard InChI is InChI=1S/C29H27N5O2/c1-18-23(14-21-6-4-10-30-29(21)32-18)11-19-8-9-22-17-34(33-26(22)12-19)27(15-28(35)36)24-13-20-5-2-3-7-25(20)31-16-24/h2-3,5,7-9,12-14,16-17,27H,4,6,10-11,15H2,1H3,(H,30,32)(H,35,36). The number of nitrogens with one attached hydrogen (secondary N) is 1. The molecule has 1 unspecified atom stereocenters. The van der Waals surface area contributed by atoms with Crippen molar-refractivity contribution in [1.82, 2.24) is 19.7 Å². The molecular formula is C29H27N5O2. The van der Waals surface area contributed by atoms with Crippen LogP contribution in [0.4, 0.5) is 5.82 Å². The molecule has 180 valence electrons. The molecule has 7 nitrogen and oxygen atoms in total. The van der Waals surface area contributed by atoms with Gasteiger partial charge in [0, 0.05) is 35.4 Å². The second-order valence-electron chi connectivity index (χ2n) is 9.53. The smallest absolute Gasteiger partial charge is 0.305 e. The van der Waals surface area contributed by atoms with Gasteiger partial charge in [-0.3, -0.25) is 14.5 Å². The lowest BCUT2D eigenvalue weighted by atomic mass is 9.98. The molecule has 7 heteroatoms. The van der Waals surface area contributed by atoms with Crippen LogP contribution in [-0.2, 0) is 17.6 Å². The minimum Gasteiger partial charge on any atom is -0.481 e. The zero-order valence-corrected chi connectivity index (χ0v) is 20.1. The number of hydrogen-bond acceptors (Lipinski definition) is 5. The first kappa shape index (κ1) is 22.2. The molecule has 2 N–H and O–H groups in total. The Balaban J connectivity index is 1.33. The van der Waals surface area contributed by atoms with Crippen LogP contribution in [0.2, 0.25) is 0 Å². The van der Waals surface area contributed by atoms with Gasteiger partial charge in [-0.1, -0.05) is 30.3 Å². The molecule has 0 saturated carbocycles. The number of carboxylic acids is 1. The van der Waals surface area contributed by atoms with E-state index in [1.54, 1.807) is 10.9 Å². The van der Waals surface area contributed by atoms with Crippen LogP contribution in [0, 0.1) is 6.92 Å². The first-order valence-corrected chi connectivity index (χ1v) is 12.3. The first-order valence-electron chi connectivity index (χ1n) is 12.3. The van der Waals surface area contributed by atoms with Crippen molar-refractivity contribution >= 4 is 33.6 Å². The van der Waals surface area contributed by atoms with E-state index in [0.29, 0.717) is 0 Å². The molecule has 2 aromatic carbocycles. The first-order chi connectivity index (χ1) is 17.5. The number of para-hydroxylation sites is 1. The molecule has 0 spiro atoms. The average molecular weight is 478 g/mol. The summed E-state index contributed by atoms with van der Waals surface area (Å²) in [6, 6.07) is 18.0. The van der Waals surface area contributed by atoms with E-state index < -0.39 is 12.0 Å². The number of aromatic nitrogens is 4. The van der Waals surface area contributed by atoms with E-state index >= 15 is 0 Å². The molecule has 4 heterocycles. The van der Waals surface area contributed by atoms with E-state index in [1.165, 1.54) is 11.1 Å². The minimum absolute atomic E-state index is 0.0745. The summed E-state index contributed by atoms with van der Waals surface area (Å²) in [7, 11) is 0. The summed E-state index contributed by atoms with van der Waals surface area (Å²) >= 11 is 0. The molecule has 3 aromatic heterocycles. The predicted octanol–water partition coefficient (Wildman–Crippen LogP) is 5.30. The van der Waals surface area contributed by atoms with Gasteiger partial charge in [-0.2, -0.15) is 5.10 Å². The Kier molecular flexibility index (Phi) is 5.60. The molecule has 0 bridgehead atoms. The van der Waals surface area contributed by atoms with Crippen LogP contribution in [0.25, 0.3) is 21.8 Å². The van der Waals surface area contributed by atoms with E-state index in [-0.39, 0.29) is 6.42 Å². The average Bonchev–Trinajstić information content (AvgIpc) is 3.30. The molecule has 0 radical (unpaired) electrons. The number of carbonyl (C=O) groups is 1. The molecule has 5 aromatic rings. The van der Waals surface area contributed by atoms with Gasteiger partial charge >= 0.3 is 5.97 Å². The maximum absolute atomic E-state index is 11.8. The van der Waals surface area contributed by atoms with Crippen molar-refractivity contribution in [2.45, 2.75) is 38.6 Å². The number of aryl methyl sites for hydroxylation is 2. The summed E-state index contributed by atoms with van der Waals surface area (Å²) < 4.78 is 1.77. The van der Waals surface area contributed by atoms with Crippen molar-refractivity contribution in [1.29, 1.82) is 0 Å². The maximum Gasteiger partial charge on any atom is 0.305 e. The number of benzene rings is 2.